The van der Waals surface area contributed by atoms with Crippen LogP contribution in [-0.2, 0) is 6.42 Å². The molecule has 0 atom stereocenters. The van der Waals surface area contributed by atoms with E-state index in [0.29, 0.717) is 5.52 Å². The predicted octanol–water partition coefficient (Wildman–Crippen LogP) is 1.18. The van der Waals surface area contributed by atoms with E-state index in [1.54, 1.807) is 12.1 Å². The number of carboxylic acid groups (broad SMARTS) is 1. The second-order valence-electron chi connectivity index (χ2n) is 5.43. The van der Waals surface area contributed by atoms with Gasteiger partial charge in [-0.2, -0.15) is 0 Å². The molecule has 0 radical (unpaired) electrons. The maximum atomic E-state index is 11.4. The van der Waals surface area contributed by atoms with Gasteiger partial charge >= 0.3 is 5.97 Å². The fraction of sp³-hybridized carbons (Fsp3) is 0.467. The number of benzene rings is 1. The summed E-state index contributed by atoms with van der Waals surface area (Å²) in [5.41, 5.74) is 1.74. The van der Waals surface area contributed by atoms with Gasteiger partial charge in [0.1, 0.15) is 11.3 Å². The number of aromatic carboxylic acids is 1. The summed E-state index contributed by atoms with van der Waals surface area (Å²) in [5, 5.41) is 11.6. The average molecular weight is 288 g/mol. The highest BCUT2D eigenvalue weighted by Gasteiger charge is 2.21. The van der Waals surface area contributed by atoms with Crippen molar-refractivity contribution in [2.24, 2.45) is 0 Å². The minimum Gasteiger partial charge on any atom is -0.478 e. The number of likely N-dealkylation sites (N-methyl/N-ethyl adjacent to an activating group) is 1. The van der Waals surface area contributed by atoms with E-state index in [2.05, 4.69) is 26.6 Å². The quantitative estimate of drug-likeness (QED) is 0.919. The number of aryl methyl sites for hydroxylation is 1. The molecule has 112 valence electrons. The minimum atomic E-state index is -0.925. The van der Waals surface area contributed by atoms with Crippen LogP contribution in [0.3, 0.4) is 0 Å². The van der Waals surface area contributed by atoms with E-state index in [1.165, 1.54) is 0 Å². The number of aromatic nitrogens is 2. The summed E-state index contributed by atoms with van der Waals surface area (Å²) >= 11 is 0. The smallest absolute Gasteiger partial charge is 0.337 e. The number of para-hydroxylation sites is 1. The lowest BCUT2D eigenvalue weighted by atomic mass is 10.2. The Bertz CT molecular complexity index is 672. The number of carbonyl (C=O) groups is 1. The molecule has 6 heteroatoms. The Morgan fingerprint density at radius 3 is 2.62 bits per heavy atom. The highest BCUT2D eigenvalue weighted by molar-refractivity contribution is 6.01. The van der Waals surface area contributed by atoms with E-state index in [9.17, 15) is 9.90 Å². The Hall–Kier alpha value is -2.08. The van der Waals surface area contributed by atoms with Crippen molar-refractivity contribution in [1.29, 1.82) is 0 Å². The lowest BCUT2D eigenvalue weighted by Gasteiger charge is -2.35. The average Bonchev–Trinajstić information content (AvgIpc) is 2.86. The van der Waals surface area contributed by atoms with Crippen LogP contribution in [0.1, 0.15) is 23.1 Å². The molecule has 0 aliphatic carbocycles. The maximum Gasteiger partial charge on any atom is 0.337 e. The lowest BCUT2D eigenvalue weighted by Crippen LogP contribution is -2.50. The molecular weight excluding hydrogens is 268 g/mol. The third kappa shape index (κ3) is 2.35. The molecule has 0 spiro atoms. The van der Waals surface area contributed by atoms with Crippen LogP contribution in [0.4, 0.5) is 0 Å². The Labute approximate surface area is 123 Å². The first-order valence-corrected chi connectivity index (χ1v) is 7.29. The number of piperazine rings is 1. The van der Waals surface area contributed by atoms with Crippen molar-refractivity contribution in [1.82, 2.24) is 14.6 Å². The first-order chi connectivity index (χ1) is 10.1. The molecule has 1 aliphatic rings. The van der Waals surface area contributed by atoms with Gasteiger partial charge < -0.3 is 15.0 Å². The van der Waals surface area contributed by atoms with E-state index < -0.39 is 5.97 Å². The molecule has 1 aromatic carbocycles. The molecular formula is C15H20N4O2. The summed E-state index contributed by atoms with van der Waals surface area (Å²) in [5.74, 6) is -0.00506. The summed E-state index contributed by atoms with van der Waals surface area (Å²) in [4.78, 5) is 18.2. The van der Waals surface area contributed by atoms with Crippen molar-refractivity contribution in [3.8, 4) is 0 Å². The lowest BCUT2D eigenvalue weighted by molar-refractivity contribution is 0.0699. The van der Waals surface area contributed by atoms with Crippen molar-refractivity contribution in [2.75, 3.05) is 38.2 Å². The van der Waals surface area contributed by atoms with Crippen LogP contribution in [0.25, 0.3) is 11.0 Å². The van der Waals surface area contributed by atoms with Crippen LogP contribution < -0.4 is 5.01 Å². The monoisotopic (exact) mass is 288 g/mol. The van der Waals surface area contributed by atoms with Gasteiger partial charge in [-0.3, -0.25) is 0 Å². The Morgan fingerprint density at radius 1 is 1.29 bits per heavy atom. The molecule has 0 amide bonds. The summed E-state index contributed by atoms with van der Waals surface area (Å²) in [6, 6.07) is 5.36. The normalized spacial score (nSPS) is 16.6. The van der Waals surface area contributed by atoms with E-state index in [-0.39, 0.29) is 5.56 Å². The number of fused-ring (bicyclic) bond motifs is 1. The first-order valence-electron chi connectivity index (χ1n) is 7.29. The van der Waals surface area contributed by atoms with E-state index >= 15 is 0 Å². The Morgan fingerprint density at radius 2 is 2.00 bits per heavy atom. The van der Waals surface area contributed by atoms with Gasteiger partial charge in [0.2, 0.25) is 0 Å². The molecule has 1 saturated heterocycles. The third-order valence-corrected chi connectivity index (χ3v) is 4.04. The standard InChI is InChI=1S/C15H20N4O2/c1-3-13-16-14-11(15(20)21)5-4-6-12(14)19(13)18-9-7-17(2)8-10-18/h4-6H,3,7-10H2,1-2H3,(H,20,21). The highest BCUT2D eigenvalue weighted by atomic mass is 16.4. The molecule has 0 unspecified atom stereocenters. The molecule has 1 aliphatic heterocycles. The maximum absolute atomic E-state index is 11.4. The van der Waals surface area contributed by atoms with Crippen LogP contribution in [0.2, 0.25) is 0 Å². The summed E-state index contributed by atoms with van der Waals surface area (Å²) < 4.78 is 2.11. The zero-order valence-electron chi connectivity index (χ0n) is 12.4. The van der Waals surface area contributed by atoms with Crippen molar-refractivity contribution < 1.29 is 9.90 Å². The first kappa shape index (κ1) is 13.9. The number of imidazole rings is 1. The Balaban J connectivity index is 2.12. The SMILES string of the molecule is CCc1nc2c(C(=O)O)cccc2n1N1CCN(C)CC1. The molecule has 0 bridgehead atoms. The van der Waals surface area contributed by atoms with Crippen molar-refractivity contribution in [3.63, 3.8) is 0 Å². The summed E-state index contributed by atoms with van der Waals surface area (Å²) in [6.07, 6.45) is 0.778. The fourth-order valence-electron chi connectivity index (χ4n) is 2.85. The van der Waals surface area contributed by atoms with Gasteiger partial charge in [0.05, 0.1) is 11.1 Å². The number of nitrogens with zero attached hydrogens (tertiary/aromatic N) is 4. The van der Waals surface area contributed by atoms with Gasteiger partial charge in [0.15, 0.2) is 0 Å². The van der Waals surface area contributed by atoms with Crippen LogP contribution in [0.15, 0.2) is 18.2 Å². The highest BCUT2D eigenvalue weighted by Crippen LogP contribution is 2.21. The Kier molecular flexibility index (Phi) is 3.55. The zero-order valence-corrected chi connectivity index (χ0v) is 12.4. The predicted molar refractivity (Wildman–Crippen MR) is 81.5 cm³/mol. The molecule has 2 heterocycles. The number of rotatable bonds is 3. The fourth-order valence-corrected chi connectivity index (χ4v) is 2.85. The molecule has 2 aromatic rings. The largest absolute Gasteiger partial charge is 0.478 e. The minimum absolute atomic E-state index is 0.273. The number of hydrogen-bond acceptors (Lipinski definition) is 4. The summed E-state index contributed by atoms with van der Waals surface area (Å²) in [6.45, 7) is 5.90. The van der Waals surface area contributed by atoms with Crippen LogP contribution >= 0.6 is 0 Å². The topological polar surface area (TPSA) is 61.6 Å². The molecule has 1 fully saturated rings. The molecule has 6 nitrogen and oxygen atoms in total. The molecule has 3 rings (SSSR count). The number of carboxylic acids is 1. The van der Waals surface area contributed by atoms with Crippen LogP contribution in [0, 0.1) is 0 Å². The van der Waals surface area contributed by atoms with Crippen LogP contribution in [0.5, 0.6) is 0 Å². The van der Waals surface area contributed by atoms with Crippen molar-refractivity contribution in [2.45, 2.75) is 13.3 Å². The van der Waals surface area contributed by atoms with Crippen molar-refractivity contribution in [3.05, 3.63) is 29.6 Å². The van der Waals surface area contributed by atoms with Crippen LogP contribution in [-0.4, -0.2) is 58.9 Å². The van der Waals surface area contributed by atoms with E-state index in [1.807, 2.05) is 13.0 Å². The second-order valence-corrected chi connectivity index (χ2v) is 5.43. The molecule has 1 aromatic heterocycles. The van der Waals surface area contributed by atoms with Gasteiger partial charge in [-0.15, -0.1) is 0 Å². The molecule has 21 heavy (non-hydrogen) atoms. The second kappa shape index (κ2) is 5.37. The van der Waals surface area contributed by atoms with E-state index in [4.69, 9.17) is 0 Å². The van der Waals surface area contributed by atoms with Gasteiger partial charge in [-0.25, -0.2) is 14.5 Å². The van der Waals surface area contributed by atoms with Gasteiger partial charge in [-0.1, -0.05) is 13.0 Å². The van der Waals surface area contributed by atoms with Gasteiger partial charge in [-0.05, 0) is 19.2 Å². The van der Waals surface area contributed by atoms with Gasteiger partial charge in [0, 0.05) is 32.6 Å². The van der Waals surface area contributed by atoms with Gasteiger partial charge in [0.25, 0.3) is 0 Å². The van der Waals surface area contributed by atoms with E-state index in [0.717, 1.165) is 43.9 Å². The molecule has 0 saturated carbocycles. The zero-order chi connectivity index (χ0) is 15.0. The molecule has 1 N–H and O–H groups in total. The van der Waals surface area contributed by atoms with Crippen molar-refractivity contribution >= 4 is 17.0 Å². The summed E-state index contributed by atoms with van der Waals surface area (Å²) in [7, 11) is 2.12. The third-order valence-electron chi connectivity index (χ3n) is 4.04. The number of hydrogen-bond donors (Lipinski definition) is 1.